The second kappa shape index (κ2) is 4.07. The molecule has 0 aliphatic heterocycles. The van der Waals surface area contributed by atoms with E-state index in [1.54, 1.807) is 0 Å². The maximum Gasteiger partial charge on any atom is 0.332 e. The van der Waals surface area contributed by atoms with E-state index in [2.05, 4.69) is 24.4 Å². The van der Waals surface area contributed by atoms with Gasteiger partial charge in [0.2, 0.25) is 0 Å². The maximum absolute atomic E-state index is 10.7. The van der Waals surface area contributed by atoms with Crippen LogP contribution in [-0.4, -0.2) is 11.7 Å². The monoisotopic (exact) mass is 223 g/mol. The van der Waals surface area contributed by atoms with Crippen molar-refractivity contribution in [1.29, 1.82) is 0 Å². The van der Waals surface area contributed by atoms with E-state index in [4.69, 9.17) is 5.73 Å². The molecule has 2 saturated carbocycles. The molecule has 90 valence electrons. The van der Waals surface area contributed by atoms with Crippen LogP contribution in [0.15, 0.2) is 5.10 Å². The highest BCUT2D eigenvalue weighted by Crippen LogP contribution is 2.53. The van der Waals surface area contributed by atoms with Crippen LogP contribution in [0.3, 0.4) is 0 Å². The van der Waals surface area contributed by atoms with Crippen LogP contribution in [-0.2, 0) is 0 Å². The summed E-state index contributed by atoms with van der Waals surface area (Å²) < 4.78 is 0. The first-order valence-electron chi connectivity index (χ1n) is 6.15. The molecule has 0 aromatic rings. The molecule has 3 atom stereocenters. The molecule has 0 saturated heterocycles. The van der Waals surface area contributed by atoms with E-state index in [0.717, 1.165) is 12.1 Å². The third-order valence-electron chi connectivity index (χ3n) is 4.34. The van der Waals surface area contributed by atoms with Gasteiger partial charge in [0.25, 0.3) is 0 Å². The number of hydrogen-bond donors (Lipinski definition) is 2. The van der Waals surface area contributed by atoms with Crippen molar-refractivity contribution in [2.45, 2.75) is 46.0 Å². The highest BCUT2D eigenvalue weighted by atomic mass is 16.2. The largest absolute Gasteiger partial charge is 0.350 e. The Labute approximate surface area is 96.7 Å². The molecule has 0 radical (unpaired) electrons. The summed E-state index contributed by atoms with van der Waals surface area (Å²) in [4.78, 5) is 10.7. The van der Waals surface area contributed by atoms with Gasteiger partial charge in [0.15, 0.2) is 0 Å². The molecule has 2 amide bonds. The van der Waals surface area contributed by atoms with Gasteiger partial charge >= 0.3 is 6.03 Å². The summed E-state index contributed by atoms with van der Waals surface area (Å²) in [5.74, 6) is 1.21. The van der Waals surface area contributed by atoms with E-state index >= 15 is 0 Å². The number of rotatable bonds is 1. The van der Waals surface area contributed by atoms with E-state index < -0.39 is 6.03 Å². The van der Waals surface area contributed by atoms with Crippen LogP contribution in [0.5, 0.6) is 0 Å². The number of nitrogens with zero attached hydrogens (tertiary/aromatic N) is 1. The number of fused-ring (bicyclic) bond motifs is 1. The van der Waals surface area contributed by atoms with Crippen molar-refractivity contribution in [3.8, 4) is 0 Å². The van der Waals surface area contributed by atoms with Gasteiger partial charge in [-0.1, -0.05) is 13.8 Å². The molecule has 4 heteroatoms. The lowest BCUT2D eigenvalue weighted by molar-refractivity contribution is 0.216. The summed E-state index contributed by atoms with van der Waals surface area (Å²) in [6.07, 6.45) is 6.03. The van der Waals surface area contributed by atoms with Crippen LogP contribution in [0.25, 0.3) is 0 Å². The third kappa shape index (κ3) is 1.93. The number of nitrogens with one attached hydrogen (secondary N) is 1. The molecular formula is C12H21N3O. The number of amides is 2. The van der Waals surface area contributed by atoms with Gasteiger partial charge in [-0.2, -0.15) is 5.10 Å². The summed E-state index contributed by atoms with van der Waals surface area (Å²) in [7, 11) is 0. The maximum atomic E-state index is 10.7. The van der Waals surface area contributed by atoms with Crippen molar-refractivity contribution in [3.05, 3.63) is 0 Å². The van der Waals surface area contributed by atoms with Crippen molar-refractivity contribution < 1.29 is 4.79 Å². The van der Waals surface area contributed by atoms with Crippen LogP contribution >= 0.6 is 0 Å². The molecule has 0 heterocycles. The molecule has 16 heavy (non-hydrogen) atoms. The Morgan fingerprint density at radius 3 is 3.00 bits per heavy atom. The zero-order valence-corrected chi connectivity index (χ0v) is 10.1. The number of hydrazone groups is 1. The standard InChI is InChI=1S/C12H21N3O/c1-8-5-7-12(2)6-3-4-9(10(8)12)14-15-11(13)16/h8,10H,3-7H2,1-2H3,(H3,13,15,16). The first-order chi connectivity index (χ1) is 7.53. The SMILES string of the molecule is CC1CCC2(C)CCCC(=NNC(N)=O)C12. The van der Waals surface area contributed by atoms with Gasteiger partial charge < -0.3 is 5.73 Å². The second-order valence-electron chi connectivity index (χ2n) is 5.58. The van der Waals surface area contributed by atoms with Gasteiger partial charge in [0.1, 0.15) is 0 Å². The topological polar surface area (TPSA) is 67.5 Å². The Kier molecular flexibility index (Phi) is 2.91. The van der Waals surface area contributed by atoms with Crippen LogP contribution in [0, 0.1) is 17.3 Å². The van der Waals surface area contributed by atoms with Gasteiger partial charge in [-0.05, 0) is 43.4 Å². The zero-order chi connectivity index (χ0) is 11.8. The highest BCUT2D eigenvalue weighted by molar-refractivity contribution is 5.89. The number of primary amides is 1. The molecule has 0 aromatic heterocycles. The van der Waals surface area contributed by atoms with E-state index in [1.807, 2.05) is 0 Å². The van der Waals surface area contributed by atoms with Crippen LogP contribution < -0.4 is 11.2 Å². The van der Waals surface area contributed by atoms with Crippen molar-refractivity contribution in [1.82, 2.24) is 5.43 Å². The van der Waals surface area contributed by atoms with Gasteiger partial charge in [0, 0.05) is 11.6 Å². The molecule has 0 aromatic carbocycles. The zero-order valence-electron chi connectivity index (χ0n) is 10.1. The molecular weight excluding hydrogens is 202 g/mol. The van der Waals surface area contributed by atoms with Gasteiger partial charge in [-0.15, -0.1) is 0 Å². The molecule has 2 aliphatic rings. The lowest BCUT2D eigenvalue weighted by Gasteiger charge is -2.38. The van der Waals surface area contributed by atoms with Crippen molar-refractivity contribution >= 4 is 11.7 Å². The summed E-state index contributed by atoms with van der Waals surface area (Å²) in [5, 5.41) is 4.21. The Morgan fingerprint density at radius 2 is 2.31 bits per heavy atom. The number of nitrogens with two attached hydrogens (primary N) is 1. The minimum Gasteiger partial charge on any atom is -0.350 e. The van der Waals surface area contributed by atoms with Gasteiger partial charge in [0.05, 0.1) is 0 Å². The van der Waals surface area contributed by atoms with E-state index in [9.17, 15) is 4.79 Å². The highest BCUT2D eigenvalue weighted by Gasteiger charge is 2.47. The molecule has 4 nitrogen and oxygen atoms in total. The Morgan fingerprint density at radius 1 is 1.56 bits per heavy atom. The van der Waals surface area contributed by atoms with E-state index in [1.165, 1.54) is 25.7 Å². The normalized spacial score (nSPS) is 40.8. The lowest BCUT2D eigenvalue weighted by Crippen LogP contribution is -2.38. The Balaban J connectivity index is 2.19. The Hall–Kier alpha value is -1.06. The average molecular weight is 223 g/mol. The first-order valence-corrected chi connectivity index (χ1v) is 6.15. The minimum absolute atomic E-state index is 0.399. The molecule has 3 N–H and O–H groups in total. The number of carbonyl (C=O) groups excluding carboxylic acids is 1. The fourth-order valence-corrected chi connectivity index (χ4v) is 3.66. The van der Waals surface area contributed by atoms with E-state index in [-0.39, 0.29) is 0 Å². The van der Waals surface area contributed by atoms with Crippen molar-refractivity contribution in [2.75, 3.05) is 0 Å². The molecule has 0 spiro atoms. The fourth-order valence-electron chi connectivity index (χ4n) is 3.66. The summed E-state index contributed by atoms with van der Waals surface area (Å²) in [5.41, 5.74) is 9.00. The molecule has 0 bridgehead atoms. The summed E-state index contributed by atoms with van der Waals surface area (Å²) >= 11 is 0. The smallest absolute Gasteiger partial charge is 0.332 e. The van der Waals surface area contributed by atoms with Crippen LogP contribution in [0.2, 0.25) is 0 Å². The number of urea groups is 1. The first kappa shape index (κ1) is 11.4. The minimum atomic E-state index is -0.564. The predicted octanol–water partition coefficient (Wildman–Crippen LogP) is 2.25. The van der Waals surface area contributed by atoms with E-state index in [0.29, 0.717) is 17.3 Å². The van der Waals surface area contributed by atoms with Crippen LogP contribution in [0.4, 0.5) is 4.79 Å². The summed E-state index contributed by atoms with van der Waals surface area (Å²) in [6, 6.07) is -0.564. The number of carbonyl (C=O) groups is 1. The molecule has 2 aliphatic carbocycles. The Bertz CT molecular complexity index is 322. The van der Waals surface area contributed by atoms with Gasteiger partial charge in [-0.25, -0.2) is 10.2 Å². The molecule has 3 unspecified atom stereocenters. The third-order valence-corrected chi connectivity index (χ3v) is 4.34. The summed E-state index contributed by atoms with van der Waals surface area (Å²) in [6.45, 7) is 4.65. The average Bonchev–Trinajstić information content (AvgIpc) is 2.52. The van der Waals surface area contributed by atoms with Crippen molar-refractivity contribution in [2.24, 2.45) is 28.1 Å². The number of hydrogen-bond acceptors (Lipinski definition) is 2. The molecule has 2 fully saturated rings. The van der Waals surface area contributed by atoms with Crippen molar-refractivity contribution in [3.63, 3.8) is 0 Å². The second-order valence-corrected chi connectivity index (χ2v) is 5.58. The lowest BCUT2D eigenvalue weighted by atomic mass is 9.67. The fraction of sp³-hybridized carbons (Fsp3) is 0.833. The van der Waals surface area contributed by atoms with Gasteiger partial charge in [-0.3, -0.25) is 0 Å². The van der Waals surface area contributed by atoms with Crippen LogP contribution in [0.1, 0.15) is 46.0 Å². The predicted molar refractivity (Wildman–Crippen MR) is 64.0 cm³/mol. The quantitative estimate of drug-likeness (QED) is 0.658. The molecule has 2 rings (SSSR count).